The third-order valence-corrected chi connectivity index (χ3v) is 8.89. The van der Waals surface area contributed by atoms with Gasteiger partial charge in [-0.2, -0.15) is 0 Å². The number of amides is 4. The number of halogens is 2. The summed E-state index contributed by atoms with van der Waals surface area (Å²) in [6.07, 6.45) is 2.18. The summed E-state index contributed by atoms with van der Waals surface area (Å²) in [6.45, 7) is 5.48. The predicted octanol–water partition coefficient (Wildman–Crippen LogP) is 4.08. The molecule has 0 atom stereocenters. The van der Waals surface area contributed by atoms with E-state index < -0.39 is 35.2 Å². The highest BCUT2D eigenvalue weighted by Crippen LogP contribution is 2.29. The molecule has 1 saturated heterocycles. The number of anilines is 1. The number of likely N-dealkylation sites (tertiary alicyclic amines) is 1. The number of fused-ring (bicyclic) bond motifs is 1. The van der Waals surface area contributed by atoms with Gasteiger partial charge >= 0.3 is 17.8 Å². The van der Waals surface area contributed by atoms with Gasteiger partial charge in [0.1, 0.15) is 24.7 Å². The van der Waals surface area contributed by atoms with Crippen molar-refractivity contribution in [3.63, 3.8) is 0 Å². The minimum atomic E-state index is -0.804. The first-order valence-corrected chi connectivity index (χ1v) is 16.4. The molecule has 2 aliphatic rings. The Kier molecular flexibility index (Phi) is 10.7. The van der Waals surface area contributed by atoms with Gasteiger partial charge in [-0.25, -0.2) is 18.8 Å². The van der Waals surface area contributed by atoms with Crippen LogP contribution in [0.4, 0.5) is 19.7 Å². The number of piperidine rings is 1. The Morgan fingerprint density at radius 1 is 1.06 bits per heavy atom. The normalized spacial score (nSPS) is 15.3. The van der Waals surface area contributed by atoms with Gasteiger partial charge in [0.15, 0.2) is 0 Å². The minimum Gasteiger partial charge on any atom is -0.497 e. The average Bonchev–Trinajstić information content (AvgIpc) is 3.22. The number of nitrogens with zero attached hydrogens (tertiary/aromatic N) is 4. The van der Waals surface area contributed by atoms with Crippen LogP contribution in [0.5, 0.6) is 5.75 Å². The quantitative estimate of drug-likeness (QED) is 0.361. The van der Waals surface area contributed by atoms with Gasteiger partial charge in [-0.1, -0.05) is 23.7 Å². The molecule has 0 unspecified atom stereocenters. The highest BCUT2D eigenvalue weighted by Gasteiger charge is 2.32. The SMILES string of the molecule is COc1ccc2c(c1)CCN(C1CCN(C(=O)Cn3cc(-c4cccc(F)c4Cl)c(=O)n(CCOC(=O)NC(C)(C)C)c3=O)CC1)C(=O)N2. The van der Waals surface area contributed by atoms with E-state index in [4.69, 9.17) is 21.1 Å². The van der Waals surface area contributed by atoms with E-state index in [-0.39, 0.29) is 47.3 Å². The van der Waals surface area contributed by atoms with Gasteiger partial charge < -0.3 is 29.9 Å². The van der Waals surface area contributed by atoms with E-state index in [9.17, 15) is 28.4 Å². The number of aromatic nitrogens is 2. The van der Waals surface area contributed by atoms with Crippen LogP contribution < -0.4 is 26.6 Å². The molecule has 0 saturated carbocycles. The molecule has 2 aliphatic heterocycles. The van der Waals surface area contributed by atoms with Gasteiger partial charge in [0.25, 0.3) is 5.56 Å². The topological polar surface area (TPSA) is 144 Å². The summed E-state index contributed by atoms with van der Waals surface area (Å²) in [6, 6.07) is 9.20. The third kappa shape index (κ3) is 8.24. The summed E-state index contributed by atoms with van der Waals surface area (Å²) < 4.78 is 26.8. The van der Waals surface area contributed by atoms with Crippen molar-refractivity contribution in [3.05, 3.63) is 79.8 Å². The molecule has 2 N–H and O–H groups in total. The fourth-order valence-electron chi connectivity index (χ4n) is 6.01. The molecule has 0 bridgehead atoms. The van der Waals surface area contributed by atoms with Gasteiger partial charge in [0.05, 0.1) is 24.2 Å². The fourth-order valence-corrected chi connectivity index (χ4v) is 6.24. The van der Waals surface area contributed by atoms with E-state index in [0.717, 1.165) is 26.5 Å². The van der Waals surface area contributed by atoms with Crippen LogP contribution >= 0.6 is 11.6 Å². The number of urea groups is 1. The van der Waals surface area contributed by atoms with Crippen molar-refractivity contribution in [2.75, 3.05) is 38.7 Å². The van der Waals surface area contributed by atoms with Gasteiger partial charge in [-0.15, -0.1) is 0 Å². The second-order valence-electron chi connectivity index (χ2n) is 13.0. The van der Waals surface area contributed by atoms with Crippen molar-refractivity contribution < 1.29 is 28.2 Å². The lowest BCUT2D eigenvalue weighted by atomic mass is 10.0. The summed E-state index contributed by atoms with van der Waals surface area (Å²) in [7, 11) is 1.59. The first kappa shape index (κ1) is 35.5. The van der Waals surface area contributed by atoms with Crippen molar-refractivity contribution in [1.82, 2.24) is 24.3 Å². The zero-order chi connectivity index (χ0) is 35.5. The lowest BCUT2D eigenvalue weighted by Crippen LogP contribution is -2.51. The average molecular weight is 699 g/mol. The maximum atomic E-state index is 14.4. The lowest BCUT2D eigenvalue weighted by molar-refractivity contribution is -0.133. The Bertz CT molecular complexity index is 1860. The van der Waals surface area contributed by atoms with E-state index in [2.05, 4.69) is 10.6 Å². The molecule has 13 nitrogen and oxygen atoms in total. The zero-order valence-electron chi connectivity index (χ0n) is 27.9. The fraction of sp³-hybridized carbons (Fsp3) is 0.441. The highest BCUT2D eigenvalue weighted by atomic mass is 35.5. The summed E-state index contributed by atoms with van der Waals surface area (Å²) in [4.78, 5) is 69.3. The van der Waals surface area contributed by atoms with Crippen LogP contribution in [0.2, 0.25) is 5.02 Å². The molecule has 4 amide bonds. The summed E-state index contributed by atoms with van der Waals surface area (Å²) in [5.41, 5.74) is -0.478. The Morgan fingerprint density at radius 2 is 1.80 bits per heavy atom. The smallest absolute Gasteiger partial charge is 0.407 e. The summed E-state index contributed by atoms with van der Waals surface area (Å²) in [5.74, 6) is -0.417. The Hall–Kier alpha value is -4.85. The molecule has 2 aromatic carbocycles. The molecular weight excluding hydrogens is 659 g/mol. The maximum absolute atomic E-state index is 14.4. The monoisotopic (exact) mass is 698 g/mol. The van der Waals surface area contributed by atoms with Crippen molar-refractivity contribution >= 4 is 35.3 Å². The van der Waals surface area contributed by atoms with Crippen LogP contribution in [-0.2, 0) is 29.0 Å². The standard InChI is InChI=1S/C34H40ClFN6O7/c1-34(2,3)38-32(46)49-17-16-42-30(44)25(24-6-5-7-26(36)29(24)35)19-40(33(42)47)20-28(43)39-13-11-22(12-14-39)41-15-10-21-18-23(48-4)8-9-27(21)37-31(41)45/h5-9,18-19,22H,10-17,20H2,1-4H3,(H,37,45)(H,38,46). The van der Waals surface area contributed by atoms with Crippen molar-refractivity contribution in [3.8, 4) is 16.9 Å². The number of nitrogens with one attached hydrogen (secondary N) is 2. The Morgan fingerprint density at radius 3 is 2.49 bits per heavy atom. The second-order valence-corrected chi connectivity index (χ2v) is 13.4. The molecule has 0 spiro atoms. The molecule has 3 heterocycles. The summed E-state index contributed by atoms with van der Waals surface area (Å²) in [5, 5.41) is 5.29. The number of ether oxygens (including phenoxy) is 2. The first-order valence-electron chi connectivity index (χ1n) is 16.0. The minimum absolute atomic E-state index is 0.0464. The number of carbonyl (C=O) groups excluding carboxylic acids is 3. The molecule has 3 aromatic rings. The predicted molar refractivity (Wildman–Crippen MR) is 182 cm³/mol. The van der Waals surface area contributed by atoms with E-state index >= 15 is 0 Å². The molecule has 49 heavy (non-hydrogen) atoms. The first-order chi connectivity index (χ1) is 23.3. The molecule has 1 aromatic heterocycles. The number of methoxy groups -OCH3 is 1. The Balaban J connectivity index is 1.31. The molecule has 5 rings (SSSR count). The van der Waals surface area contributed by atoms with Crippen LogP contribution in [0.1, 0.15) is 39.2 Å². The molecule has 0 aliphatic carbocycles. The van der Waals surface area contributed by atoms with E-state index in [0.29, 0.717) is 44.6 Å². The Labute approximate surface area is 287 Å². The summed E-state index contributed by atoms with van der Waals surface area (Å²) >= 11 is 6.22. The van der Waals surface area contributed by atoms with E-state index in [1.165, 1.54) is 18.3 Å². The number of benzene rings is 2. The number of carbonyl (C=O) groups is 3. The molecule has 0 radical (unpaired) electrons. The zero-order valence-corrected chi connectivity index (χ0v) is 28.6. The van der Waals surface area contributed by atoms with Gasteiger partial charge in [0, 0.05) is 48.7 Å². The lowest BCUT2D eigenvalue weighted by Gasteiger charge is -2.38. The van der Waals surface area contributed by atoms with Crippen LogP contribution in [0, 0.1) is 5.82 Å². The van der Waals surface area contributed by atoms with Crippen LogP contribution in [0.15, 0.2) is 52.2 Å². The van der Waals surface area contributed by atoms with Crippen LogP contribution in [0.3, 0.4) is 0 Å². The molecule has 262 valence electrons. The van der Waals surface area contributed by atoms with Crippen molar-refractivity contribution in [2.24, 2.45) is 0 Å². The number of alkyl carbamates (subject to hydrolysis) is 1. The molecule has 15 heteroatoms. The molecule has 1 fully saturated rings. The highest BCUT2D eigenvalue weighted by molar-refractivity contribution is 6.33. The molecular formula is C34H40ClFN6O7. The number of hydrogen-bond donors (Lipinski definition) is 2. The maximum Gasteiger partial charge on any atom is 0.407 e. The van der Waals surface area contributed by atoms with Crippen LogP contribution in [-0.4, -0.2) is 81.9 Å². The van der Waals surface area contributed by atoms with Gasteiger partial charge in [0.2, 0.25) is 5.91 Å². The van der Waals surface area contributed by atoms with Crippen molar-refractivity contribution in [1.29, 1.82) is 0 Å². The van der Waals surface area contributed by atoms with Crippen molar-refractivity contribution in [2.45, 2.75) is 64.7 Å². The van der Waals surface area contributed by atoms with Gasteiger partial charge in [-0.3, -0.25) is 18.7 Å². The largest absolute Gasteiger partial charge is 0.497 e. The number of rotatable bonds is 8. The number of hydrogen-bond acceptors (Lipinski definition) is 7. The van der Waals surface area contributed by atoms with Crippen LogP contribution in [0.25, 0.3) is 11.1 Å². The van der Waals surface area contributed by atoms with E-state index in [1.54, 1.807) is 43.7 Å². The second kappa shape index (κ2) is 14.7. The van der Waals surface area contributed by atoms with E-state index in [1.807, 2.05) is 12.1 Å². The van der Waals surface area contributed by atoms with Gasteiger partial charge in [-0.05, 0) is 69.9 Å². The third-order valence-electron chi connectivity index (χ3n) is 8.50.